The maximum absolute atomic E-state index is 5.69. The topological polar surface area (TPSA) is 61.0 Å². The first-order valence-corrected chi connectivity index (χ1v) is 7.49. The highest BCUT2D eigenvalue weighted by Crippen LogP contribution is 2.28. The van der Waals surface area contributed by atoms with Gasteiger partial charge in [-0.3, -0.25) is 0 Å². The summed E-state index contributed by atoms with van der Waals surface area (Å²) in [6.07, 6.45) is 4.53. The van der Waals surface area contributed by atoms with Gasteiger partial charge in [0.25, 0.3) is 0 Å². The molecule has 19 heavy (non-hydrogen) atoms. The molecule has 0 fully saturated rings. The van der Waals surface area contributed by atoms with E-state index < -0.39 is 0 Å². The highest BCUT2D eigenvalue weighted by atomic mass is 35.5. The van der Waals surface area contributed by atoms with Crippen LogP contribution in [0, 0.1) is 0 Å². The Labute approximate surface area is 120 Å². The molecule has 0 aliphatic rings. The van der Waals surface area contributed by atoms with Crippen LogP contribution in [0.3, 0.4) is 0 Å². The summed E-state index contributed by atoms with van der Waals surface area (Å²) in [7, 11) is 0. The van der Waals surface area contributed by atoms with Gasteiger partial charge in [0.2, 0.25) is 11.7 Å². The van der Waals surface area contributed by atoms with Crippen molar-refractivity contribution in [1.82, 2.24) is 15.1 Å². The second kappa shape index (κ2) is 6.77. The van der Waals surface area contributed by atoms with E-state index in [1.165, 1.54) is 0 Å². The van der Waals surface area contributed by atoms with Gasteiger partial charge in [0.1, 0.15) is 10.9 Å². The zero-order valence-corrected chi connectivity index (χ0v) is 12.2. The summed E-state index contributed by atoms with van der Waals surface area (Å²) in [5, 5.41) is 4.56. The summed E-state index contributed by atoms with van der Waals surface area (Å²) >= 11 is 7.38. The third kappa shape index (κ3) is 3.84. The number of nitrogens with zero attached hydrogens (tertiary/aromatic N) is 3. The first kappa shape index (κ1) is 14.1. The van der Waals surface area contributed by atoms with Gasteiger partial charge in [-0.2, -0.15) is 16.7 Å². The molecule has 0 aromatic carbocycles. The number of rotatable bonds is 6. The number of ether oxygens (including phenoxy) is 1. The Bertz CT molecular complexity index is 514. The van der Waals surface area contributed by atoms with E-state index in [0.29, 0.717) is 22.6 Å². The minimum Gasteiger partial charge on any atom is -0.484 e. The molecule has 0 radical (unpaired) electrons. The molecule has 0 N–H and O–H groups in total. The van der Waals surface area contributed by atoms with Crippen molar-refractivity contribution in [2.24, 2.45) is 0 Å². The van der Waals surface area contributed by atoms with Crippen LogP contribution in [-0.2, 0) is 6.61 Å². The van der Waals surface area contributed by atoms with E-state index in [0.717, 1.165) is 6.42 Å². The van der Waals surface area contributed by atoms with Gasteiger partial charge in [-0.1, -0.05) is 23.7 Å². The molecule has 2 aromatic rings. The second-order valence-electron chi connectivity index (χ2n) is 3.79. The molecule has 0 aliphatic carbocycles. The maximum atomic E-state index is 5.69. The zero-order chi connectivity index (χ0) is 13.7. The number of hydrogen-bond acceptors (Lipinski definition) is 6. The summed E-state index contributed by atoms with van der Waals surface area (Å²) in [6.45, 7) is 2.33. The molecule has 0 saturated heterocycles. The van der Waals surface area contributed by atoms with Crippen molar-refractivity contribution in [2.45, 2.75) is 25.2 Å². The average molecular weight is 300 g/mol. The van der Waals surface area contributed by atoms with Crippen LogP contribution in [0.2, 0.25) is 5.15 Å². The molecule has 0 amide bonds. The van der Waals surface area contributed by atoms with Crippen molar-refractivity contribution in [3.05, 3.63) is 35.2 Å². The molecule has 2 rings (SSSR count). The summed E-state index contributed by atoms with van der Waals surface area (Å²) in [5.41, 5.74) is 0. The second-order valence-corrected chi connectivity index (χ2v) is 5.21. The van der Waals surface area contributed by atoms with Gasteiger partial charge in [-0.05, 0) is 24.8 Å². The van der Waals surface area contributed by atoms with Crippen molar-refractivity contribution in [3.8, 4) is 5.75 Å². The largest absolute Gasteiger partial charge is 0.484 e. The van der Waals surface area contributed by atoms with Crippen LogP contribution in [0.5, 0.6) is 5.75 Å². The lowest BCUT2D eigenvalue weighted by Crippen LogP contribution is -1.99. The average Bonchev–Trinajstić information content (AvgIpc) is 2.88. The van der Waals surface area contributed by atoms with E-state index in [1.807, 2.05) is 6.26 Å². The van der Waals surface area contributed by atoms with Crippen LogP contribution in [-0.4, -0.2) is 21.4 Å². The fraction of sp³-hybridized carbons (Fsp3) is 0.417. The SMILES string of the molecule is CCC(SC)c1nc(COc2ccc(Cl)nc2)no1. The molecular weight excluding hydrogens is 286 g/mol. The molecule has 0 spiro atoms. The maximum Gasteiger partial charge on any atom is 0.239 e. The monoisotopic (exact) mass is 299 g/mol. The van der Waals surface area contributed by atoms with Crippen molar-refractivity contribution >= 4 is 23.4 Å². The molecule has 1 atom stereocenters. The Morgan fingerprint density at radius 1 is 1.47 bits per heavy atom. The Kier molecular flexibility index (Phi) is 5.04. The Morgan fingerprint density at radius 2 is 2.32 bits per heavy atom. The van der Waals surface area contributed by atoms with E-state index in [-0.39, 0.29) is 11.9 Å². The van der Waals surface area contributed by atoms with Gasteiger partial charge in [-0.25, -0.2) is 4.98 Å². The van der Waals surface area contributed by atoms with Crippen molar-refractivity contribution in [2.75, 3.05) is 6.26 Å². The highest BCUT2D eigenvalue weighted by Gasteiger charge is 2.16. The minimum absolute atomic E-state index is 0.235. The fourth-order valence-electron chi connectivity index (χ4n) is 1.49. The Hall–Kier alpha value is -1.27. The predicted octanol–water partition coefficient (Wildman–Crippen LogP) is 3.51. The van der Waals surface area contributed by atoms with Crippen molar-refractivity contribution in [1.29, 1.82) is 0 Å². The van der Waals surface area contributed by atoms with Gasteiger partial charge < -0.3 is 9.26 Å². The van der Waals surface area contributed by atoms with Crippen LogP contribution in [0.15, 0.2) is 22.9 Å². The van der Waals surface area contributed by atoms with Crippen molar-refractivity contribution in [3.63, 3.8) is 0 Å². The van der Waals surface area contributed by atoms with Crippen LogP contribution >= 0.6 is 23.4 Å². The van der Waals surface area contributed by atoms with Gasteiger partial charge >= 0.3 is 0 Å². The lowest BCUT2D eigenvalue weighted by Gasteiger charge is -2.04. The first-order valence-electron chi connectivity index (χ1n) is 5.82. The van der Waals surface area contributed by atoms with E-state index in [1.54, 1.807) is 30.1 Å². The summed E-state index contributed by atoms with van der Waals surface area (Å²) in [6, 6.07) is 3.41. The van der Waals surface area contributed by atoms with Crippen LogP contribution < -0.4 is 4.74 Å². The van der Waals surface area contributed by atoms with Gasteiger partial charge in [0.05, 0.1) is 11.4 Å². The molecule has 102 valence electrons. The number of thioether (sulfide) groups is 1. The van der Waals surface area contributed by atoms with Crippen LogP contribution in [0.1, 0.15) is 30.3 Å². The Morgan fingerprint density at radius 3 is 2.95 bits per heavy atom. The first-order chi connectivity index (χ1) is 9.22. The predicted molar refractivity (Wildman–Crippen MR) is 74.4 cm³/mol. The zero-order valence-electron chi connectivity index (χ0n) is 10.7. The summed E-state index contributed by atoms with van der Waals surface area (Å²) in [4.78, 5) is 8.24. The number of hydrogen-bond donors (Lipinski definition) is 0. The molecule has 0 saturated carbocycles. The quantitative estimate of drug-likeness (QED) is 0.761. The lowest BCUT2D eigenvalue weighted by molar-refractivity contribution is 0.284. The normalized spacial score (nSPS) is 12.4. The molecule has 2 aromatic heterocycles. The van der Waals surface area contributed by atoms with E-state index in [2.05, 4.69) is 22.0 Å². The lowest BCUT2D eigenvalue weighted by atomic mass is 10.3. The molecule has 7 heteroatoms. The van der Waals surface area contributed by atoms with Crippen LogP contribution in [0.4, 0.5) is 0 Å². The third-order valence-corrected chi connectivity index (χ3v) is 3.81. The molecule has 0 bridgehead atoms. The van der Waals surface area contributed by atoms with Crippen LogP contribution in [0.25, 0.3) is 0 Å². The van der Waals surface area contributed by atoms with E-state index in [9.17, 15) is 0 Å². The Balaban J connectivity index is 1.95. The number of pyridine rings is 1. The molecular formula is C12H14ClN3O2S. The number of aromatic nitrogens is 3. The smallest absolute Gasteiger partial charge is 0.239 e. The van der Waals surface area contributed by atoms with Gasteiger partial charge in [0.15, 0.2) is 6.61 Å². The fourth-order valence-corrected chi connectivity index (χ4v) is 2.24. The standard InChI is InChI=1S/C12H14ClN3O2S/c1-3-9(19-2)12-15-11(16-18-12)7-17-8-4-5-10(13)14-6-8/h4-6,9H,3,7H2,1-2H3. The molecule has 1 unspecified atom stereocenters. The van der Waals surface area contributed by atoms with Crippen molar-refractivity contribution < 1.29 is 9.26 Å². The molecule has 5 nitrogen and oxygen atoms in total. The van der Waals surface area contributed by atoms with E-state index >= 15 is 0 Å². The summed E-state index contributed by atoms with van der Waals surface area (Å²) in [5.74, 6) is 1.79. The minimum atomic E-state index is 0.235. The summed E-state index contributed by atoms with van der Waals surface area (Å²) < 4.78 is 10.7. The van der Waals surface area contributed by atoms with E-state index in [4.69, 9.17) is 20.9 Å². The number of halogens is 1. The highest BCUT2D eigenvalue weighted by molar-refractivity contribution is 7.98. The third-order valence-electron chi connectivity index (χ3n) is 2.48. The molecule has 0 aliphatic heterocycles. The van der Waals surface area contributed by atoms with Gasteiger partial charge in [-0.15, -0.1) is 0 Å². The molecule has 2 heterocycles. The van der Waals surface area contributed by atoms with Gasteiger partial charge in [0, 0.05) is 0 Å².